The van der Waals surface area contributed by atoms with Crippen molar-refractivity contribution in [3.63, 3.8) is 0 Å². The highest BCUT2D eigenvalue weighted by Crippen LogP contribution is 2.34. The fourth-order valence-electron chi connectivity index (χ4n) is 3.39. The van der Waals surface area contributed by atoms with Crippen molar-refractivity contribution in [3.05, 3.63) is 89.8 Å². The number of fused-ring (bicyclic) bond motifs is 1. The summed E-state index contributed by atoms with van der Waals surface area (Å²) in [5.41, 5.74) is 2.91. The Bertz CT molecular complexity index is 1050. The second-order valence-electron chi connectivity index (χ2n) is 6.66. The van der Waals surface area contributed by atoms with E-state index in [1.807, 2.05) is 6.92 Å². The topological polar surface area (TPSA) is 45.6 Å². The van der Waals surface area contributed by atoms with E-state index in [-0.39, 0.29) is 17.8 Å². The zero-order chi connectivity index (χ0) is 19.7. The van der Waals surface area contributed by atoms with Gasteiger partial charge in [0.15, 0.2) is 0 Å². The molecule has 28 heavy (non-hydrogen) atoms. The summed E-state index contributed by atoms with van der Waals surface area (Å²) < 4.78 is 27.2. The molecule has 1 amide bonds. The highest BCUT2D eigenvalue weighted by atomic mass is 19.1. The van der Waals surface area contributed by atoms with Crippen molar-refractivity contribution in [3.8, 4) is 0 Å². The molecule has 4 nitrogen and oxygen atoms in total. The van der Waals surface area contributed by atoms with Gasteiger partial charge in [-0.1, -0.05) is 0 Å². The van der Waals surface area contributed by atoms with Gasteiger partial charge in [0.25, 0.3) is 5.91 Å². The van der Waals surface area contributed by atoms with E-state index in [2.05, 4.69) is 9.98 Å². The van der Waals surface area contributed by atoms with E-state index >= 15 is 0 Å². The van der Waals surface area contributed by atoms with E-state index < -0.39 is 5.82 Å². The first-order valence-corrected chi connectivity index (χ1v) is 8.89. The second kappa shape index (κ2) is 7.31. The summed E-state index contributed by atoms with van der Waals surface area (Å²) in [6.45, 7) is 1.92. The largest absolute Gasteiger partial charge is 0.305 e. The van der Waals surface area contributed by atoms with Gasteiger partial charge in [-0.25, -0.2) is 8.78 Å². The summed E-state index contributed by atoms with van der Waals surface area (Å²) in [6, 6.07) is 13.2. The van der Waals surface area contributed by atoms with Crippen molar-refractivity contribution in [1.82, 2.24) is 4.98 Å². The first kappa shape index (κ1) is 18.0. The molecule has 3 aromatic rings. The molecule has 0 radical (unpaired) electrons. The predicted molar refractivity (Wildman–Crippen MR) is 104 cm³/mol. The third-order valence-corrected chi connectivity index (χ3v) is 4.70. The highest BCUT2D eigenvalue weighted by molar-refractivity contribution is 6.15. The van der Waals surface area contributed by atoms with Crippen LogP contribution in [0.2, 0.25) is 0 Å². The van der Waals surface area contributed by atoms with E-state index in [9.17, 15) is 13.6 Å². The molecule has 4 rings (SSSR count). The number of aromatic nitrogens is 1. The molecule has 1 aliphatic heterocycles. The van der Waals surface area contributed by atoms with Gasteiger partial charge < -0.3 is 4.90 Å². The van der Waals surface area contributed by atoms with Crippen LogP contribution >= 0.6 is 0 Å². The summed E-state index contributed by atoms with van der Waals surface area (Å²) in [4.78, 5) is 23.3. The normalized spacial score (nSPS) is 17.5. The number of halogens is 2. The van der Waals surface area contributed by atoms with Crippen LogP contribution in [0.3, 0.4) is 0 Å². The number of benzene rings is 2. The van der Waals surface area contributed by atoms with Gasteiger partial charge in [-0.2, -0.15) is 0 Å². The molecule has 6 heteroatoms. The Labute approximate surface area is 161 Å². The Kier molecular flexibility index (Phi) is 4.69. The molecule has 0 saturated carbocycles. The lowest BCUT2D eigenvalue weighted by Crippen LogP contribution is -2.44. The van der Waals surface area contributed by atoms with Crippen LogP contribution in [0.4, 0.5) is 20.2 Å². The minimum absolute atomic E-state index is 0.177. The number of hydrogen-bond donors (Lipinski definition) is 0. The molecule has 1 atom stereocenters. The maximum Gasteiger partial charge on any atom is 0.258 e. The minimum atomic E-state index is -0.406. The Morgan fingerprint density at radius 2 is 1.71 bits per heavy atom. The average Bonchev–Trinajstić information content (AvgIpc) is 2.70. The summed E-state index contributed by atoms with van der Waals surface area (Å²) in [6.07, 6.45) is 3.58. The number of hydrogen-bond acceptors (Lipinski definition) is 3. The first-order chi connectivity index (χ1) is 13.5. The zero-order valence-electron chi connectivity index (χ0n) is 15.1. The van der Waals surface area contributed by atoms with Crippen LogP contribution in [-0.4, -0.2) is 22.6 Å². The molecule has 0 bridgehead atoms. The van der Waals surface area contributed by atoms with Crippen LogP contribution in [0.15, 0.2) is 72.0 Å². The van der Waals surface area contributed by atoms with E-state index in [0.717, 1.165) is 0 Å². The summed E-state index contributed by atoms with van der Waals surface area (Å²) in [5, 5.41) is 0. The van der Waals surface area contributed by atoms with Crippen molar-refractivity contribution < 1.29 is 13.6 Å². The molecule has 1 unspecified atom stereocenters. The van der Waals surface area contributed by atoms with Crippen molar-refractivity contribution in [2.45, 2.75) is 19.4 Å². The summed E-state index contributed by atoms with van der Waals surface area (Å²) in [5.74, 6) is -0.929. The molecule has 2 aromatic carbocycles. The number of carbonyl (C=O) groups is 1. The Balaban J connectivity index is 1.80. The predicted octanol–water partition coefficient (Wildman–Crippen LogP) is 4.92. The minimum Gasteiger partial charge on any atom is -0.305 e. The fourth-order valence-corrected chi connectivity index (χ4v) is 3.39. The Morgan fingerprint density at radius 1 is 1.04 bits per heavy atom. The van der Waals surface area contributed by atoms with Gasteiger partial charge in [0.1, 0.15) is 11.6 Å². The van der Waals surface area contributed by atoms with Crippen LogP contribution in [-0.2, 0) is 0 Å². The fraction of sp³-hybridized carbons (Fsp3) is 0.136. The average molecular weight is 377 g/mol. The van der Waals surface area contributed by atoms with Crippen LogP contribution in [0.5, 0.6) is 0 Å². The van der Waals surface area contributed by atoms with Crippen molar-refractivity contribution in [1.29, 1.82) is 0 Å². The molecule has 1 aromatic heterocycles. The monoisotopic (exact) mass is 377 g/mol. The van der Waals surface area contributed by atoms with E-state index in [4.69, 9.17) is 0 Å². The lowest BCUT2D eigenvalue weighted by Gasteiger charge is -2.36. The number of nitrogens with zero attached hydrogens (tertiary/aromatic N) is 3. The Morgan fingerprint density at radius 3 is 2.43 bits per heavy atom. The third-order valence-electron chi connectivity index (χ3n) is 4.70. The van der Waals surface area contributed by atoms with Gasteiger partial charge in [0.05, 0.1) is 17.1 Å². The van der Waals surface area contributed by atoms with Gasteiger partial charge in [0, 0.05) is 36.0 Å². The smallest absolute Gasteiger partial charge is 0.258 e. The molecular formula is C22H17F2N3O. The molecular weight excluding hydrogens is 360 g/mol. The first-order valence-electron chi connectivity index (χ1n) is 8.89. The maximum absolute atomic E-state index is 14.0. The standard InChI is InChI=1S/C22H17F2N3O/c1-14-12-20(26-18-5-2-16(23)3-6-18)19-13-17(24)4-7-21(19)27(14)22(28)15-8-10-25-11-9-15/h2-11,13-14H,12H2,1H3. The van der Waals surface area contributed by atoms with Crippen LogP contribution < -0.4 is 4.90 Å². The number of aliphatic imine (C=N–C) groups is 1. The van der Waals surface area contributed by atoms with Crippen molar-refractivity contribution in [2.75, 3.05) is 4.90 Å². The number of rotatable bonds is 2. The van der Waals surface area contributed by atoms with Crippen LogP contribution in [0.25, 0.3) is 0 Å². The van der Waals surface area contributed by atoms with E-state index in [1.54, 1.807) is 47.6 Å². The van der Waals surface area contributed by atoms with Crippen LogP contribution in [0, 0.1) is 11.6 Å². The number of amides is 1. The van der Waals surface area contributed by atoms with Gasteiger partial charge in [-0.15, -0.1) is 0 Å². The molecule has 0 fully saturated rings. The van der Waals surface area contributed by atoms with Gasteiger partial charge >= 0.3 is 0 Å². The SMILES string of the molecule is CC1CC(=Nc2ccc(F)cc2)c2cc(F)ccc2N1C(=O)c1ccncc1. The lowest BCUT2D eigenvalue weighted by molar-refractivity contribution is 0.0978. The highest BCUT2D eigenvalue weighted by Gasteiger charge is 2.32. The summed E-state index contributed by atoms with van der Waals surface area (Å²) in [7, 11) is 0. The molecule has 2 heterocycles. The zero-order valence-corrected chi connectivity index (χ0v) is 15.1. The second-order valence-corrected chi connectivity index (χ2v) is 6.66. The number of anilines is 1. The van der Waals surface area contributed by atoms with Gasteiger partial charge in [-0.05, 0) is 61.5 Å². The van der Waals surface area contributed by atoms with Gasteiger partial charge in [-0.3, -0.25) is 14.8 Å². The molecule has 0 aliphatic carbocycles. The quantitative estimate of drug-likeness (QED) is 0.636. The van der Waals surface area contributed by atoms with Gasteiger partial charge in [0.2, 0.25) is 0 Å². The summed E-state index contributed by atoms with van der Waals surface area (Å²) >= 11 is 0. The third kappa shape index (κ3) is 3.41. The molecule has 1 aliphatic rings. The van der Waals surface area contributed by atoms with E-state index in [0.29, 0.717) is 34.6 Å². The molecule has 0 N–H and O–H groups in total. The van der Waals surface area contributed by atoms with E-state index in [1.165, 1.54) is 24.3 Å². The molecule has 140 valence electrons. The Hall–Kier alpha value is -3.41. The lowest BCUT2D eigenvalue weighted by atomic mass is 9.93. The van der Waals surface area contributed by atoms with Crippen LogP contribution in [0.1, 0.15) is 29.3 Å². The number of pyridine rings is 1. The molecule has 0 saturated heterocycles. The van der Waals surface area contributed by atoms with Crippen molar-refractivity contribution in [2.24, 2.45) is 4.99 Å². The maximum atomic E-state index is 14.0. The van der Waals surface area contributed by atoms with Crippen molar-refractivity contribution >= 4 is 23.0 Å². The molecule has 0 spiro atoms. The number of carbonyl (C=O) groups excluding carboxylic acids is 1.